The number of carbonyl (C=O) groups excluding carboxylic acids is 2. The van der Waals surface area contributed by atoms with Gasteiger partial charge in [0, 0.05) is 35.8 Å². The molecule has 2 amide bonds. The number of nitrogens with zero attached hydrogens (tertiary/aromatic N) is 1. The molecular formula is C18H17ClN2O2. The highest BCUT2D eigenvalue weighted by Gasteiger charge is 2.21. The first-order valence-electron chi connectivity index (χ1n) is 7.56. The highest BCUT2D eigenvalue weighted by Crippen LogP contribution is 2.21. The van der Waals surface area contributed by atoms with Crippen LogP contribution in [0.1, 0.15) is 28.8 Å². The molecule has 2 aromatic carbocycles. The number of anilines is 1. The molecule has 1 fully saturated rings. The predicted molar refractivity (Wildman–Crippen MR) is 90.7 cm³/mol. The van der Waals surface area contributed by atoms with Crippen LogP contribution in [0.3, 0.4) is 0 Å². The molecule has 1 aliphatic heterocycles. The molecule has 1 saturated heterocycles. The number of benzene rings is 2. The van der Waals surface area contributed by atoms with Gasteiger partial charge in [0.25, 0.3) is 5.91 Å². The molecule has 0 bridgehead atoms. The monoisotopic (exact) mass is 328 g/mol. The van der Waals surface area contributed by atoms with Crippen molar-refractivity contribution in [2.24, 2.45) is 0 Å². The van der Waals surface area contributed by atoms with Crippen molar-refractivity contribution in [2.45, 2.75) is 19.4 Å². The van der Waals surface area contributed by atoms with Gasteiger partial charge < -0.3 is 10.2 Å². The Labute approximate surface area is 140 Å². The van der Waals surface area contributed by atoms with Gasteiger partial charge in [-0.3, -0.25) is 9.59 Å². The zero-order valence-corrected chi connectivity index (χ0v) is 13.3. The third kappa shape index (κ3) is 3.71. The minimum atomic E-state index is -0.149. The van der Waals surface area contributed by atoms with E-state index in [1.54, 1.807) is 23.1 Å². The van der Waals surface area contributed by atoms with Gasteiger partial charge >= 0.3 is 0 Å². The number of hydrogen-bond acceptors (Lipinski definition) is 2. The topological polar surface area (TPSA) is 49.4 Å². The molecule has 0 spiro atoms. The van der Waals surface area contributed by atoms with Gasteiger partial charge in [-0.2, -0.15) is 0 Å². The molecule has 3 rings (SSSR count). The number of rotatable bonds is 4. The molecule has 23 heavy (non-hydrogen) atoms. The lowest BCUT2D eigenvalue weighted by atomic mass is 10.1. The minimum absolute atomic E-state index is 0.142. The van der Waals surface area contributed by atoms with Gasteiger partial charge in [0.1, 0.15) is 0 Å². The third-order valence-corrected chi connectivity index (χ3v) is 4.09. The Morgan fingerprint density at radius 2 is 1.96 bits per heavy atom. The van der Waals surface area contributed by atoms with Crippen LogP contribution in [-0.2, 0) is 11.3 Å². The lowest BCUT2D eigenvalue weighted by Gasteiger charge is -2.15. The van der Waals surface area contributed by atoms with E-state index in [1.165, 1.54) is 0 Å². The molecule has 1 aliphatic rings. The highest BCUT2D eigenvalue weighted by molar-refractivity contribution is 6.30. The summed E-state index contributed by atoms with van der Waals surface area (Å²) in [7, 11) is 0. The van der Waals surface area contributed by atoms with Crippen molar-refractivity contribution in [3.8, 4) is 0 Å². The molecule has 0 atom stereocenters. The summed E-state index contributed by atoms with van der Waals surface area (Å²) in [4.78, 5) is 25.6. The second-order valence-electron chi connectivity index (χ2n) is 5.51. The Morgan fingerprint density at radius 1 is 1.17 bits per heavy atom. The van der Waals surface area contributed by atoms with Gasteiger partial charge in [-0.15, -0.1) is 0 Å². The van der Waals surface area contributed by atoms with Crippen LogP contribution in [0, 0.1) is 0 Å². The molecule has 4 nitrogen and oxygen atoms in total. The van der Waals surface area contributed by atoms with E-state index in [4.69, 9.17) is 11.6 Å². The average Bonchev–Trinajstić information content (AvgIpc) is 2.99. The van der Waals surface area contributed by atoms with E-state index >= 15 is 0 Å². The predicted octanol–water partition coefficient (Wildman–Crippen LogP) is 3.40. The van der Waals surface area contributed by atoms with Crippen LogP contribution in [0.15, 0.2) is 48.5 Å². The number of hydrogen-bond donors (Lipinski definition) is 1. The van der Waals surface area contributed by atoms with Crippen molar-refractivity contribution >= 4 is 29.1 Å². The summed E-state index contributed by atoms with van der Waals surface area (Å²) in [6.07, 6.45) is 1.49. The van der Waals surface area contributed by atoms with E-state index in [-0.39, 0.29) is 11.8 Å². The third-order valence-electron chi connectivity index (χ3n) is 3.86. The molecule has 5 heteroatoms. The first-order chi connectivity index (χ1) is 11.1. The zero-order chi connectivity index (χ0) is 16.2. The fourth-order valence-corrected chi connectivity index (χ4v) is 2.86. The standard InChI is InChI=1S/C18H17ClN2O2/c19-15-4-1-3-13(11-15)12-20-18(23)14-6-8-16(9-7-14)21-10-2-5-17(21)22/h1,3-4,6-9,11H,2,5,10,12H2,(H,20,23). The Morgan fingerprint density at radius 3 is 2.61 bits per heavy atom. The van der Waals surface area contributed by atoms with Crippen LogP contribution < -0.4 is 10.2 Å². The largest absolute Gasteiger partial charge is 0.348 e. The molecule has 0 unspecified atom stereocenters. The second-order valence-corrected chi connectivity index (χ2v) is 5.94. The smallest absolute Gasteiger partial charge is 0.251 e. The summed E-state index contributed by atoms with van der Waals surface area (Å²) in [6, 6.07) is 14.5. The van der Waals surface area contributed by atoms with Crippen molar-refractivity contribution < 1.29 is 9.59 Å². The fourth-order valence-electron chi connectivity index (χ4n) is 2.65. The minimum Gasteiger partial charge on any atom is -0.348 e. The summed E-state index contributed by atoms with van der Waals surface area (Å²) in [5.41, 5.74) is 2.37. The van der Waals surface area contributed by atoms with Gasteiger partial charge in [-0.05, 0) is 48.4 Å². The van der Waals surface area contributed by atoms with Gasteiger partial charge in [-0.25, -0.2) is 0 Å². The zero-order valence-electron chi connectivity index (χ0n) is 12.6. The maximum Gasteiger partial charge on any atom is 0.251 e. The molecule has 0 aliphatic carbocycles. The van der Waals surface area contributed by atoms with Crippen LogP contribution in [0.2, 0.25) is 5.02 Å². The van der Waals surface area contributed by atoms with E-state index in [0.29, 0.717) is 23.6 Å². The molecule has 0 radical (unpaired) electrons. The van der Waals surface area contributed by atoms with Crippen molar-refractivity contribution in [2.75, 3.05) is 11.4 Å². The first kappa shape index (κ1) is 15.6. The SMILES string of the molecule is O=C(NCc1cccc(Cl)c1)c1ccc(N2CCCC2=O)cc1. The Bertz CT molecular complexity index is 728. The molecule has 118 valence electrons. The maximum absolute atomic E-state index is 12.2. The number of amides is 2. The quantitative estimate of drug-likeness (QED) is 0.935. The van der Waals surface area contributed by atoms with E-state index in [9.17, 15) is 9.59 Å². The Balaban J connectivity index is 1.62. The maximum atomic E-state index is 12.2. The summed E-state index contributed by atoms with van der Waals surface area (Å²) >= 11 is 5.92. The number of nitrogens with one attached hydrogen (secondary N) is 1. The van der Waals surface area contributed by atoms with Gasteiger partial charge in [0.2, 0.25) is 5.91 Å². The van der Waals surface area contributed by atoms with Crippen LogP contribution in [0.4, 0.5) is 5.69 Å². The molecule has 0 aromatic heterocycles. The van der Waals surface area contributed by atoms with Crippen molar-refractivity contribution in [1.82, 2.24) is 5.32 Å². The summed E-state index contributed by atoms with van der Waals surface area (Å²) < 4.78 is 0. The number of halogens is 1. The molecule has 1 N–H and O–H groups in total. The second kappa shape index (κ2) is 6.84. The lowest BCUT2D eigenvalue weighted by molar-refractivity contribution is -0.117. The van der Waals surface area contributed by atoms with Crippen molar-refractivity contribution in [3.63, 3.8) is 0 Å². The molecular weight excluding hydrogens is 312 g/mol. The molecule has 1 heterocycles. The van der Waals surface area contributed by atoms with Crippen molar-refractivity contribution in [1.29, 1.82) is 0 Å². The van der Waals surface area contributed by atoms with Crippen LogP contribution in [-0.4, -0.2) is 18.4 Å². The van der Waals surface area contributed by atoms with Crippen molar-refractivity contribution in [3.05, 3.63) is 64.7 Å². The molecule has 0 saturated carbocycles. The van der Waals surface area contributed by atoms with E-state index in [0.717, 1.165) is 24.2 Å². The van der Waals surface area contributed by atoms with E-state index < -0.39 is 0 Å². The van der Waals surface area contributed by atoms with Gasteiger partial charge in [0.15, 0.2) is 0 Å². The fraction of sp³-hybridized carbons (Fsp3) is 0.222. The highest BCUT2D eigenvalue weighted by atomic mass is 35.5. The Hall–Kier alpha value is -2.33. The van der Waals surface area contributed by atoms with E-state index in [1.807, 2.05) is 30.3 Å². The average molecular weight is 329 g/mol. The Kier molecular flexibility index (Phi) is 4.63. The summed E-state index contributed by atoms with van der Waals surface area (Å²) in [6.45, 7) is 1.17. The van der Waals surface area contributed by atoms with Crippen LogP contribution in [0.5, 0.6) is 0 Å². The van der Waals surface area contributed by atoms with Crippen LogP contribution >= 0.6 is 11.6 Å². The van der Waals surface area contributed by atoms with Crippen LogP contribution in [0.25, 0.3) is 0 Å². The lowest BCUT2D eigenvalue weighted by Crippen LogP contribution is -2.24. The first-order valence-corrected chi connectivity index (χ1v) is 7.94. The summed E-state index contributed by atoms with van der Waals surface area (Å²) in [5.74, 6) is -0.00701. The van der Waals surface area contributed by atoms with Gasteiger partial charge in [-0.1, -0.05) is 23.7 Å². The number of carbonyl (C=O) groups is 2. The van der Waals surface area contributed by atoms with E-state index in [2.05, 4.69) is 5.32 Å². The molecule has 2 aromatic rings. The normalized spacial score (nSPS) is 14.1. The van der Waals surface area contributed by atoms with Gasteiger partial charge in [0.05, 0.1) is 0 Å². The summed E-state index contributed by atoms with van der Waals surface area (Å²) in [5, 5.41) is 3.51.